The van der Waals surface area contributed by atoms with Gasteiger partial charge in [-0.25, -0.2) is 13.9 Å². The fourth-order valence-corrected chi connectivity index (χ4v) is 4.08. The van der Waals surface area contributed by atoms with Crippen LogP contribution in [0.4, 0.5) is 5.69 Å². The Kier molecular flexibility index (Phi) is 6.50. The molecule has 0 aliphatic carbocycles. The molecule has 2 N–H and O–H groups in total. The first-order valence-corrected chi connectivity index (χ1v) is 9.44. The highest BCUT2D eigenvalue weighted by atomic mass is 35.5. The van der Waals surface area contributed by atoms with Gasteiger partial charge in [0.25, 0.3) is 11.6 Å². The van der Waals surface area contributed by atoms with Gasteiger partial charge >= 0.3 is 0 Å². The zero-order chi connectivity index (χ0) is 20.2. The quantitative estimate of drug-likeness (QED) is 0.407. The molecule has 0 fully saturated rings. The highest BCUT2D eigenvalue weighted by Gasteiger charge is 2.34. The molecule has 1 amide bonds. The minimum absolute atomic E-state index is 0.0950. The van der Waals surface area contributed by atoms with Gasteiger partial charge in [0.1, 0.15) is 6.04 Å². The Morgan fingerprint density at radius 2 is 1.85 bits per heavy atom. The molecule has 0 bridgehead atoms. The van der Waals surface area contributed by atoms with Gasteiger partial charge in [-0.05, 0) is 31.2 Å². The highest BCUT2D eigenvalue weighted by molar-refractivity contribution is 7.89. The van der Waals surface area contributed by atoms with Gasteiger partial charge in [0.15, 0.2) is 0 Å². The number of hydrogen-bond acceptors (Lipinski definition) is 6. The first-order valence-electron chi connectivity index (χ1n) is 7.62. The molecule has 0 aliphatic heterocycles. The SMILES string of the molecule is CC(C(=O)NO)N(Cc1ccccc1[N+](=O)[O-])S(=O)(=O)c1ccc(Cl)cc1. The molecular formula is C16H16ClN3O6S. The molecule has 0 radical (unpaired) electrons. The van der Waals surface area contributed by atoms with Crippen LogP contribution < -0.4 is 5.48 Å². The highest BCUT2D eigenvalue weighted by Crippen LogP contribution is 2.26. The summed E-state index contributed by atoms with van der Waals surface area (Å²) in [7, 11) is -4.23. The number of hydroxylamine groups is 1. The van der Waals surface area contributed by atoms with E-state index in [4.69, 9.17) is 16.8 Å². The lowest BCUT2D eigenvalue weighted by atomic mass is 10.1. The molecule has 2 aromatic rings. The molecule has 144 valence electrons. The second kappa shape index (κ2) is 8.44. The molecule has 0 aromatic heterocycles. The Balaban J connectivity index is 2.54. The molecular weight excluding hydrogens is 398 g/mol. The Hall–Kier alpha value is -2.53. The molecule has 0 aliphatic rings. The van der Waals surface area contributed by atoms with Crippen molar-refractivity contribution in [3.05, 3.63) is 69.2 Å². The van der Waals surface area contributed by atoms with Crippen molar-refractivity contribution in [2.45, 2.75) is 24.4 Å². The van der Waals surface area contributed by atoms with Gasteiger partial charge in [0.2, 0.25) is 10.0 Å². The third kappa shape index (κ3) is 4.61. The van der Waals surface area contributed by atoms with Gasteiger partial charge in [-0.15, -0.1) is 0 Å². The van der Waals surface area contributed by atoms with E-state index in [0.717, 1.165) is 4.31 Å². The fraction of sp³-hybridized carbons (Fsp3) is 0.188. The van der Waals surface area contributed by atoms with Gasteiger partial charge in [-0.3, -0.25) is 20.1 Å². The van der Waals surface area contributed by atoms with Crippen LogP contribution in [0, 0.1) is 10.1 Å². The number of nitro benzene ring substituents is 1. The van der Waals surface area contributed by atoms with Crippen molar-refractivity contribution in [2.24, 2.45) is 0 Å². The summed E-state index contributed by atoms with van der Waals surface area (Å²) in [5.41, 5.74) is 1.21. The monoisotopic (exact) mass is 413 g/mol. The number of carbonyl (C=O) groups excluding carboxylic acids is 1. The van der Waals surface area contributed by atoms with Crippen molar-refractivity contribution < 1.29 is 23.3 Å². The molecule has 27 heavy (non-hydrogen) atoms. The zero-order valence-corrected chi connectivity index (χ0v) is 15.6. The molecule has 2 rings (SSSR count). The van der Waals surface area contributed by atoms with Crippen molar-refractivity contribution in [2.75, 3.05) is 0 Å². The Morgan fingerprint density at radius 3 is 2.41 bits per heavy atom. The van der Waals surface area contributed by atoms with E-state index >= 15 is 0 Å². The van der Waals surface area contributed by atoms with Crippen molar-refractivity contribution in [1.29, 1.82) is 0 Å². The molecule has 0 heterocycles. The van der Waals surface area contributed by atoms with Crippen LogP contribution in [0.25, 0.3) is 0 Å². The van der Waals surface area contributed by atoms with E-state index in [-0.39, 0.29) is 16.1 Å². The summed E-state index contributed by atoms with van der Waals surface area (Å²) in [6, 6.07) is 9.51. The third-order valence-electron chi connectivity index (χ3n) is 3.86. The smallest absolute Gasteiger partial charge is 0.273 e. The lowest BCUT2D eigenvalue weighted by molar-refractivity contribution is -0.385. The second-order valence-corrected chi connectivity index (χ2v) is 7.87. The Labute approximate surface area is 160 Å². The van der Waals surface area contributed by atoms with Crippen LogP contribution >= 0.6 is 11.6 Å². The van der Waals surface area contributed by atoms with Crippen molar-refractivity contribution in [3.8, 4) is 0 Å². The van der Waals surface area contributed by atoms with Crippen LogP contribution in [0.15, 0.2) is 53.4 Å². The molecule has 9 nitrogen and oxygen atoms in total. The number of rotatable bonds is 7. The summed E-state index contributed by atoms with van der Waals surface area (Å²) in [6.07, 6.45) is 0. The van der Waals surface area contributed by atoms with Crippen LogP contribution in [-0.4, -0.2) is 34.8 Å². The molecule has 0 saturated heterocycles. The summed E-state index contributed by atoms with van der Waals surface area (Å²) in [6.45, 7) is 0.810. The zero-order valence-electron chi connectivity index (χ0n) is 14.1. The average Bonchev–Trinajstić information content (AvgIpc) is 2.65. The number of hydrogen-bond donors (Lipinski definition) is 2. The van der Waals surface area contributed by atoms with Crippen molar-refractivity contribution in [1.82, 2.24) is 9.79 Å². The second-order valence-electron chi connectivity index (χ2n) is 5.54. The number of nitrogens with zero attached hydrogens (tertiary/aromatic N) is 2. The molecule has 0 spiro atoms. The number of nitro groups is 1. The largest absolute Gasteiger partial charge is 0.289 e. The van der Waals surface area contributed by atoms with E-state index in [1.165, 1.54) is 60.9 Å². The number of sulfonamides is 1. The predicted octanol–water partition coefficient (Wildman–Crippen LogP) is 2.33. The number of amides is 1. The van der Waals surface area contributed by atoms with Gasteiger partial charge < -0.3 is 0 Å². The summed E-state index contributed by atoms with van der Waals surface area (Å²) < 4.78 is 26.9. The number of carbonyl (C=O) groups is 1. The van der Waals surface area contributed by atoms with E-state index < -0.39 is 33.4 Å². The topological polar surface area (TPSA) is 130 Å². The van der Waals surface area contributed by atoms with Crippen LogP contribution in [-0.2, 0) is 21.4 Å². The molecule has 11 heteroatoms. The van der Waals surface area contributed by atoms with Crippen molar-refractivity contribution in [3.63, 3.8) is 0 Å². The van der Waals surface area contributed by atoms with Crippen LogP contribution in [0.3, 0.4) is 0 Å². The van der Waals surface area contributed by atoms with Crippen LogP contribution in [0.5, 0.6) is 0 Å². The van der Waals surface area contributed by atoms with E-state index in [9.17, 15) is 23.3 Å². The lowest BCUT2D eigenvalue weighted by Gasteiger charge is -2.27. The van der Waals surface area contributed by atoms with E-state index in [1.807, 2.05) is 0 Å². The predicted molar refractivity (Wildman–Crippen MR) is 96.7 cm³/mol. The molecule has 0 saturated carbocycles. The summed E-state index contributed by atoms with van der Waals surface area (Å²) >= 11 is 5.78. The summed E-state index contributed by atoms with van der Waals surface area (Å²) in [5.74, 6) is -0.980. The summed E-state index contributed by atoms with van der Waals surface area (Å²) in [5, 5.41) is 20.4. The van der Waals surface area contributed by atoms with E-state index in [0.29, 0.717) is 5.02 Å². The van der Waals surface area contributed by atoms with E-state index in [1.54, 1.807) is 0 Å². The molecule has 1 atom stereocenters. The minimum atomic E-state index is -4.23. The van der Waals surface area contributed by atoms with Crippen LogP contribution in [0.2, 0.25) is 5.02 Å². The van der Waals surface area contributed by atoms with E-state index in [2.05, 4.69) is 0 Å². The maximum atomic E-state index is 13.0. The van der Waals surface area contributed by atoms with Gasteiger partial charge in [-0.1, -0.05) is 29.8 Å². The first-order chi connectivity index (χ1) is 12.7. The number of para-hydroxylation sites is 1. The Morgan fingerprint density at radius 1 is 1.26 bits per heavy atom. The normalized spacial score (nSPS) is 12.6. The van der Waals surface area contributed by atoms with Crippen molar-refractivity contribution >= 4 is 33.2 Å². The fourth-order valence-electron chi connectivity index (χ4n) is 2.39. The third-order valence-corrected chi connectivity index (χ3v) is 6.04. The minimum Gasteiger partial charge on any atom is -0.289 e. The molecule has 2 aromatic carbocycles. The average molecular weight is 414 g/mol. The number of halogens is 1. The Bertz CT molecular complexity index is 949. The standard InChI is InChI=1S/C16H16ClN3O6S/c1-11(16(21)18-22)19(10-12-4-2-3-5-15(12)20(23)24)27(25,26)14-8-6-13(17)7-9-14/h2-9,11,22H,10H2,1H3,(H,18,21). The maximum absolute atomic E-state index is 13.0. The summed E-state index contributed by atoms with van der Waals surface area (Å²) in [4.78, 5) is 22.3. The van der Waals surface area contributed by atoms with Gasteiger partial charge in [0.05, 0.1) is 9.82 Å². The van der Waals surface area contributed by atoms with Crippen LogP contribution in [0.1, 0.15) is 12.5 Å². The molecule has 1 unspecified atom stereocenters. The lowest BCUT2D eigenvalue weighted by Crippen LogP contribution is -2.46. The number of benzene rings is 2. The van der Waals surface area contributed by atoms with Gasteiger partial charge in [-0.2, -0.15) is 4.31 Å². The number of nitrogens with one attached hydrogen (secondary N) is 1. The first kappa shape index (κ1) is 20.8. The van der Waals surface area contributed by atoms with Gasteiger partial charge in [0, 0.05) is 23.2 Å². The maximum Gasteiger partial charge on any atom is 0.273 e.